The van der Waals surface area contributed by atoms with E-state index in [4.69, 9.17) is 37.1 Å². The minimum atomic E-state index is -0.766. The number of rotatable bonds is 6. The number of furan rings is 1. The highest BCUT2D eigenvalue weighted by molar-refractivity contribution is 7.07. The Labute approximate surface area is 248 Å². The number of carbonyl (C=O) groups excluding carboxylic acids is 2. The normalized spacial score (nSPS) is 15.1. The molecule has 210 valence electrons. The number of halogens is 2. The van der Waals surface area contributed by atoms with Crippen LogP contribution < -0.4 is 14.9 Å². The summed E-state index contributed by atoms with van der Waals surface area (Å²) < 4.78 is 18.2. The Morgan fingerprint density at radius 3 is 2.44 bits per heavy atom. The van der Waals surface area contributed by atoms with Gasteiger partial charge >= 0.3 is 11.9 Å². The van der Waals surface area contributed by atoms with Gasteiger partial charge in [-0.2, -0.15) is 0 Å². The molecule has 1 atom stereocenters. The van der Waals surface area contributed by atoms with Gasteiger partial charge in [0.05, 0.1) is 40.6 Å². The van der Waals surface area contributed by atoms with Crippen LogP contribution in [0.1, 0.15) is 48.5 Å². The van der Waals surface area contributed by atoms with E-state index in [2.05, 4.69) is 4.99 Å². The van der Waals surface area contributed by atoms with Gasteiger partial charge < -0.3 is 13.9 Å². The average Bonchev–Trinajstić information content (AvgIpc) is 3.51. The summed E-state index contributed by atoms with van der Waals surface area (Å²) in [6.45, 7) is 5.24. The summed E-state index contributed by atoms with van der Waals surface area (Å²) in [6.07, 6.45) is 1.24. The van der Waals surface area contributed by atoms with Crippen molar-refractivity contribution in [1.82, 2.24) is 4.57 Å². The monoisotopic (exact) mass is 610 g/mol. The fraction of sp³-hybridized carbons (Fsp3) is 0.200. The highest BCUT2D eigenvalue weighted by atomic mass is 35.5. The third-order valence-corrected chi connectivity index (χ3v) is 7.79. The Balaban J connectivity index is 1.63. The minimum Gasteiger partial charge on any atom is -0.465 e. The second-order valence-electron chi connectivity index (χ2n) is 9.47. The molecule has 0 aliphatic carbocycles. The number of thiazole rings is 1. The van der Waals surface area contributed by atoms with Crippen molar-refractivity contribution in [3.05, 3.63) is 112 Å². The van der Waals surface area contributed by atoms with Gasteiger partial charge in [0.1, 0.15) is 11.5 Å². The SMILES string of the molecule is COC(=O)c1ccc(Cl)cc1-c1ccc(/C=c2/sc3n(c2=O)[C@H](c2ccc(Cl)cc2)C(C(=O)OC(C)C)=C(C)N=3)o1. The lowest BCUT2D eigenvalue weighted by Gasteiger charge is -2.25. The lowest BCUT2D eigenvalue weighted by molar-refractivity contribution is -0.143. The fourth-order valence-electron chi connectivity index (χ4n) is 4.53. The van der Waals surface area contributed by atoms with Crippen LogP contribution in [0.5, 0.6) is 0 Å². The fourth-order valence-corrected chi connectivity index (χ4v) is 5.86. The largest absolute Gasteiger partial charge is 0.465 e. The lowest BCUT2D eigenvalue weighted by Crippen LogP contribution is -2.40. The number of esters is 2. The van der Waals surface area contributed by atoms with Gasteiger partial charge in [-0.3, -0.25) is 9.36 Å². The number of nitrogens with zero attached hydrogens (tertiary/aromatic N) is 2. The molecule has 8 nitrogen and oxygen atoms in total. The number of fused-ring (bicyclic) bond motifs is 1. The van der Waals surface area contributed by atoms with Gasteiger partial charge in [-0.05, 0) is 68.8 Å². The molecule has 0 saturated heterocycles. The first-order valence-electron chi connectivity index (χ1n) is 12.5. The summed E-state index contributed by atoms with van der Waals surface area (Å²) in [5.74, 6) is -0.332. The van der Waals surface area contributed by atoms with Gasteiger partial charge in [0.25, 0.3) is 5.56 Å². The third kappa shape index (κ3) is 5.66. The van der Waals surface area contributed by atoms with E-state index >= 15 is 0 Å². The molecule has 5 rings (SSSR count). The van der Waals surface area contributed by atoms with Crippen molar-refractivity contribution in [3.63, 3.8) is 0 Å². The van der Waals surface area contributed by atoms with E-state index in [1.54, 1.807) is 81.4 Å². The van der Waals surface area contributed by atoms with Crippen molar-refractivity contribution in [1.29, 1.82) is 0 Å². The number of benzene rings is 2. The molecule has 4 aromatic rings. The molecular weight excluding hydrogens is 587 g/mol. The average molecular weight is 612 g/mol. The van der Waals surface area contributed by atoms with Gasteiger partial charge in [-0.25, -0.2) is 14.6 Å². The standard InChI is InChI=1S/C30H24Cl2N2O6S/c1-15(2)39-29(37)25-16(3)33-30-34(26(25)17-5-7-18(31)8-6-17)27(35)24(41-30)14-20-10-12-23(40-20)22-13-19(32)9-11-21(22)28(36)38-4/h5-15,26H,1-4H3/b24-14+/t26-/m1/s1. The highest BCUT2D eigenvalue weighted by Crippen LogP contribution is 2.32. The Bertz CT molecular complexity index is 1880. The number of allylic oxidation sites excluding steroid dienone is 1. The van der Waals surface area contributed by atoms with Crippen LogP contribution in [0.2, 0.25) is 10.0 Å². The zero-order valence-electron chi connectivity index (χ0n) is 22.4. The van der Waals surface area contributed by atoms with Crippen LogP contribution in [0.15, 0.2) is 80.1 Å². The van der Waals surface area contributed by atoms with E-state index in [9.17, 15) is 14.4 Å². The molecule has 3 heterocycles. The smallest absolute Gasteiger partial charge is 0.338 e. The van der Waals surface area contributed by atoms with E-state index < -0.39 is 18.0 Å². The van der Waals surface area contributed by atoms with Gasteiger partial charge in [-0.1, -0.05) is 46.7 Å². The van der Waals surface area contributed by atoms with Crippen molar-refractivity contribution in [3.8, 4) is 11.3 Å². The quantitative estimate of drug-likeness (QED) is 0.266. The molecule has 1 aliphatic heterocycles. The molecule has 0 unspecified atom stereocenters. The van der Waals surface area contributed by atoms with Crippen molar-refractivity contribution in [2.45, 2.75) is 32.9 Å². The van der Waals surface area contributed by atoms with Crippen molar-refractivity contribution in [2.24, 2.45) is 4.99 Å². The van der Waals surface area contributed by atoms with Crippen molar-refractivity contribution in [2.75, 3.05) is 7.11 Å². The van der Waals surface area contributed by atoms with Gasteiger partial charge in [-0.15, -0.1) is 0 Å². The maximum atomic E-state index is 13.8. The molecule has 0 saturated carbocycles. The van der Waals surface area contributed by atoms with Crippen LogP contribution >= 0.6 is 34.5 Å². The number of hydrogen-bond donors (Lipinski definition) is 0. The summed E-state index contributed by atoms with van der Waals surface area (Å²) >= 11 is 13.5. The predicted octanol–water partition coefficient (Wildman–Crippen LogP) is 5.54. The van der Waals surface area contributed by atoms with Crippen LogP contribution in [-0.2, 0) is 14.3 Å². The molecule has 11 heteroatoms. The summed E-state index contributed by atoms with van der Waals surface area (Å²) in [5, 5.41) is 0.945. The Morgan fingerprint density at radius 2 is 1.76 bits per heavy atom. The van der Waals surface area contributed by atoms with E-state index in [1.807, 2.05) is 0 Å². The topological polar surface area (TPSA) is 100 Å². The summed E-state index contributed by atoms with van der Waals surface area (Å²) in [5.41, 5.74) is 1.81. The Hall–Kier alpha value is -3.92. The predicted molar refractivity (Wildman–Crippen MR) is 157 cm³/mol. The molecule has 2 aromatic heterocycles. The van der Waals surface area contributed by atoms with Crippen LogP contribution in [0, 0.1) is 0 Å². The number of methoxy groups -OCH3 is 1. The zero-order valence-corrected chi connectivity index (χ0v) is 24.8. The van der Waals surface area contributed by atoms with E-state index in [-0.39, 0.29) is 22.8 Å². The van der Waals surface area contributed by atoms with Crippen molar-refractivity contribution >= 4 is 52.6 Å². The first kappa shape index (κ1) is 28.6. The number of carbonyl (C=O) groups is 2. The maximum Gasteiger partial charge on any atom is 0.338 e. The number of hydrogen-bond acceptors (Lipinski definition) is 8. The second kappa shape index (κ2) is 11.5. The number of ether oxygens (including phenoxy) is 2. The van der Waals surface area contributed by atoms with Gasteiger partial charge in [0, 0.05) is 21.7 Å². The lowest BCUT2D eigenvalue weighted by atomic mass is 9.96. The molecule has 0 bridgehead atoms. The third-order valence-electron chi connectivity index (χ3n) is 6.32. The van der Waals surface area contributed by atoms with Gasteiger partial charge in [0.2, 0.25) is 0 Å². The summed E-state index contributed by atoms with van der Waals surface area (Å²) in [6, 6.07) is 14.3. The molecule has 0 amide bonds. The Morgan fingerprint density at radius 1 is 1.05 bits per heavy atom. The van der Waals surface area contributed by atoms with Crippen LogP contribution in [-0.4, -0.2) is 29.7 Å². The number of aromatic nitrogens is 1. The summed E-state index contributed by atoms with van der Waals surface area (Å²) in [4.78, 5) is 44.3. The van der Waals surface area contributed by atoms with E-state index in [0.29, 0.717) is 47.7 Å². The molecule has 2 aromatic carbocycles. The van der Waals surface area contributed by atoms with Crippen LogP contribution in [0.3, 0.4) is 0 Å². The maximum absolute atomic E-state index is 13.8. The van der Waals surface area contributed by atoms with Crippen LogP contribution in [0.25, 0.3) is 17.4 Å². The molecular formula is C30H24Cl2N2O6S. The highest BCUT2D eigenvalue weighted by Gasteiger charge is 2.33. The van der Waals surface area contributed by atoms with Crippen LogP contribution in [0.4, 0.5) is 0 Å². The first-order chi connectivity index (χ1) is 19.6. The molecule has 0 radical (unpaired) electrons. The zero-order chi connectivity index (χ0) is 29.4. The molecule has 0 fully saturated rings. The second-order valence-corrected chi connectivity index (χ2v) is 11.4. The van der Waals surface area contributed by atoms with E-state index in [0.717, 1.165) is 0 Å². The van der Waals surface area contributed by atoms with E-state index in [1.165, 1.54) is 23.0 Å². The molecule has 0 N–H and O–H groups in total. The summed E-state index contributed by atoms with van der Waals surface area (Å²) in [7, 11) is 1.29. The minimum absolute atomic E-state index is 0.275. The molecule has 41 heavy (non-hydrogen) atoms. The van der Waals surface area contributed by atoms with Gasteiger partial charge in [0.15, 0.2) is 4.80 Å². The Kier molecular flexibility index (Phi) is 8.04. The first-order valence-corrected chi connectivity index (χ1v) is 14.1. The molecule has 0 spiro atoms. The molecule has 1 aliphatic rings. The van der Waals surface area contributed by atoms with Crippen molar-refractivity contribution < 1.29 is 23.5 Å².